The number of esters is 1. The summed E-state index contributed by atoms with van der Waals surface area (Å²) in [6.07, 6.45) is 0. The lowest BCUT2D eigenvalue weighted by molar-refractivity contribution is -0.132. The second-order valence-electron chi connectivity index (χ2n) is 7.59. The molecule has 0 aliphatic heterocycles. The zero-order chi connectivity index (χ0) is 24.0. The van der Waals surface area contributed by atoms with Crippen molar-refractivity contribution in [2.75, 3.05) is 7.11 Å². The summed E-state index contributed by atoms with van der Waals surface area (Å²) in [7, 11) is 1.55. The molecule has 7 nitrogen and oxygen atoms in total. The zero-order valence-electron chi connectivity index (χ0n) is 18.8. The Labute approximate surface area is 192 Å². The van der Waals surface area contributed by atoms with Crippen LogP contribution in [0.4, 0.5) is 0 Å². The van der Waals surface area contributed by atoms with E-state index in [1.54, 1.807) is 49.6 Å². The number of hydrogen-bond acceptors (Lipinski definition) is 5. The summed E-state index contributed by atoms with van der Waals surface area (Å²) in [5.74, 6) is -1.01. The fraction of sp³-hybridized carbons (Fsp3) is 0.192. The SMILES string of the molecule is COc1cccc(CN(C(=O)c2ccccc2OC(C)=O)C(C(N)=O)c2cccc(C)c2)c1. The van der Waals surface area contributed by atoms with Gasteiger partial charge < -0.3 is 20.1 Å². The van der Waals surface area contributed by atoms with Crippen LogP contribution in [0, 0.1) is 6.92 Å². The van der Waals surface area contributed by atoms with Gasteiger partial charge in [-0.15, -0.1) is 0 Å². The van der Waals surface area contributed by atoms with Crippen molar-refractivity contribution in [1.29, 1.82) is 0 Å². The first-order valence-electron chi connectivity index (χ1n) is 10.4. The van der Waals surface area contributed by atoms with E-state index < -0.39 is 23.8 Å². The van der Waals surface area contributed by atoms with Crippen molar-refractivity contribution in [2.45, 2.75) is 26.4 Å². The van der Waals surface area contributed by atoms with E-state index in [0.717, 1.165) is 11.1 Å². The molecular formula is C26H26N2O5. The van der Waals surface area contributed by atoms with E-state index in [-0.39, 0.29) is 17.9 Å². The Morgan fingerprint density at radius 3 is 2.36 bits per heavy atom. The number of para-hydroxylation sites is 1. The Kier molecular flexibility index (Phi) is 7.46. The standard InChI is InChI=1S/C26H26N2O5/c1-17-8-6-10-20(14-17)24(25(27)30)28(16-19-9-7-11-21(15-19)32-3)26(31)22-12-4-5-13-23(22)33-18(2)29/h4-15,24H,16H2,1-3H3,(H2,27,30). The van der Waals surface area contributed by atoms with Gasteiger partial charge in [-0.25, -0.2) is 0 Å². The van der Waals surface area contributed by atoms with Crippen LogP contribution >= 0.6 is 0 Å². The Hall–Kier alpha value is -4.13. The van der Waals surface area contributed by atoms with Gasteiger partial charge >= 0.3 is 5.97 Å². The summed E-state index contributed by atoms with van der Waals surface area (Å²) >= 11 is 0. The summed E-state index contributed by atoms with van der Waals surface area (Å²) in [6.45, 7) is 3.23. The van der Waals surface area contributed by atoms with E-state index in [0.29, 0.717) is 11.3 Å². The molecule has 0 spiro atoms. The lowest BCUT2D eigenvalue weighted by atomic mass is 10.00. The molecule has 170 valence electrons. The Balaban J connectivity index is 2.13. The molecule has 33 heavy (non-hydrogen) atoms. The van der Waals surface area contributed by atoms with Gasteiger partial charge in [0.2, 0.25) is 5.91 Å². The summed E-state index contributed by atoms with van der Waals surface area (Å²) < 4.78 is 10.5. The second-order valence-corrected chi connectivity index (χ2v) is 7.59. The van der Waals surface area contributed by atoms with Crippen molar-refractivity contribution in [2.24, 2.45) is 5.73 Å². The van der Waals surface area contributed by atoms with Crippen molar-refractivity contribution < 1.29 is 23.9 Å². The monoisotopic (exact) mass is 446 g/mol. The number of primary amides is 1. The number of benzene rings is 3. The number of nitrogens with zero attached hydrogens (tertiary/aromatic N) is 1. The third-order valence-corrected chi connectivity index (χ3v) is 5.06. The number of nitrogens with two attached hydrogens (primary N) is 1. The lowest BCUT2D eigenvalue weighted by Crippen LogP contribution is -2.41. The van der Waals surface area contributed by atoms with Gasteiger partial charge in [0.05, 0.1) is 12.7 Å². The van der Waals surface area contributed by atoms with E-state index >= 15 is 0 Å². The summed E-state index contributed by atoms with van der Waals surface area (Å²) in [5, 5.41) is 0. The fourth-order valence-corrected chi connectivity index (χ4v) is 3.63. The van der Waals surface area contributed by atoms with Crippen LogP contribution in [0.15, 0.2) is 72.8 Å². The molecule has 7 heteroatoms. The van der Waals surface area contributed by atoms with Crippen LogP contribution in [0.1, 0.15) is 40.0 Å². The largest absolute Gasteiger partial charge is 0.497 e. The number of ether oxygens (including phenoxy) is 2. The van der Waals surface area contributed by atoms with Crippen LogP contribution in [0.3, 0.4) is 0 Å². The summed E-state index contributed by atoms with van der Waals surface area (Å²) in [5.41, 5.74) is 8.22. The molecule has 0 bridgehead atoms. The first-order chi connectivity index (χ1) is 15.8. The highest BCUT2D eigenvalue weighted by Crippen LogP contribution is 2.29. The van der Waals surface area contributed by atoms with Crippen LogP contribution in [-0.2, 0) is 16.1 Å². The van der Waals surface area contributed by atoms with E-state index in [9.17, 15) is 14.4 Å². The minimum absolute atomic E-state index is 0.0754. The molecule has 0 aliphatic rings. The highest BCUT2D eigenvalue weighted by atomic mass is 16.5. The molecule has 0 heterocycles. The first kappa shape index (κ1) is 23.5. The van der Waals surface area contributed by atoms with E-state index in [2.05, 4.69) is 0 Å². The number of aryl methyl sites for hydroxylation is 1. The number of carbonyl (C=O) groups is 3. The Morgan fingerprint density at radius 1 is 0.970 bits per heavy atom. The number of carbonyl (C=O) groups excluding carboxylic acids is 3. The average molecular weight is 447 g/mol. The zero-order valence-corrected chi connectivity index (χ0v) is 18.8. The van der Waals surface area contributed by atoms with Crippen LogP contribution in [0.2, 0.25) is 0 Å². The molecule has 3 aromatic carbocycles. The topological polar surface area (TPSA) is 98.9 Å². The van der Waals surface area contributed by atoms with Crippen molar-refractivity contribution in [1.82, 2.24) is 4.90 Å². The first-order valence-corrected chi connectivity index (χ1v) is 10.4. The van der Waals surface area contributed by atoms with Gasteiger partial charge in [-0.2, -0.15) is 0 Å². The van der Waals surface area contributed by atoms with Gasteiger partial charge in [0.1, 0.15) is 17.5 Å². The molecule has 0 aliphatic carbocycles. The molecule has 1 unspecified atom stereocenters. The molecule has 2 N–H and O–H groups in total. The van der Waals surface area contributed by atoms with Crippen molar-refractivity contribution in [3.63, 3.8) is 0 Å². The van der Waals surface area contributed by atoms with Crippen molar-refractivity contribution >= 4 is 17.8 Å². The number of amides is 2. The van der Waals surface area contributed by atoms with Gasteiger partial charge in [0.15, 0.2) is 0 Å². The molecule has 0 saturated heterocycles. The fourth-order valence-electron chi connectivity index (χ4n) is 3.63. The molecule has 0 radical (unpaired) electrons. The minimum atomic E-state index is -1.05. The molecule has 3 aromatic rings. The van der Waals surface area contributed by atoms with Crippen LogP contribution in [0.5, 0.6) is 11.5 Å². The average Bonchev–Trinajstić information content (AvgIpc) is 2.78. The highest BCUT2D eigenvalue weighted by molar-refractivity contribution is 6.00. The maximum absolute atomic E-state index is 13.8. The molecule has 0 fully saturated rings. The maximum atomic E-state index is 13.8. The van der Waals surface area contributed by atoms with Gasteiger partial charge in [-0.3, -0.25) is 14.4 Å². The molecule has 0 saturated carbocycles. The predicted octanol–water partition coefficient (Wildman–Crippen LogP) is 3.80. The number of rotatable bonds is 8. The van der Waals surface area contributed by atoms with Crippen molar-refractivity contribution in [3.05, 3.63) is 95.1 Å². The number of methoxy groups -OCH3 is 1. The van der Waals surface area contributed by atoms with E-state index in [1.165, 1.54) is 17.9 Å². The van der Waals surface area contributed by atoms with Crippen LogP contribution < -0.4 is 15.2 Å². The van der Waals surface area contributed by atoms with Gasteiger partial charge in [-0.05, 0) is 42.3 Å². The Morgan fingerprint density at radius 2 is 1.70 bits per heavy atom. The summed E-state index contributed by atoms with van der Waals surface area (Å²) in [4.78, 5) is 39.5. The lowest BCUT2D eigenvalue weighted by Gasteiger charge is -2.31. The molecule has 0 aromatic heterocycles. The number of hydrogen-bond donors (Lipinski definition) is 1. The third kappa shape index (κ3) is 5.77. The van der Waals surface area contributed by atoms with Crippen LogP contribution in [0.25, 0.3) is 0 Å². The maximum Gasteiger partial charge on any atom is 0.308 e. The van der Waals surface area contributed by atoms with Gasteiger partial charge in [-0.1, -0.05) is 54.1 Å². The molecular weight excluding hydrogens is 420 g/mol. The van der Waals surface area contributed by atoms with Crippen LogP contribution in [-0.4, -0.2) is 29.8 Å². The predicted molar refractivity (Wildman–Crippen MR) is 124 cm³/mol. The second kappa shape index (κ2) is 10.5. The summed E-state index contributed by atoms with van der Waals surface area (Å²) in [6, 6.07) is 19.8. The van der Waals surface area contributed by atoms with Gasteiger partial charge in [0, 0.05) is 13.5 Å². The third-order valence-electron chi connectivity index (χ3n) is 5.06. The van der Waals surface area contributed by atoms with E-state index in [4.69, 9.17) is 15.2 Å². The highest BCUT2D eigenvalue weighted by Gasteiger charge is 2.32. The molecule has 3 rings (SSSR count). The van der Waals surface area contributed by atoms with Gasteiger partial charge in [0.25, 0.3) is 5.91 Å². The molecule has 1 atom stereocenters. The quantitative estimate of drug-likeness (QED) is 0.419. The normalized spacial score (nSPS) is 11.4. The minimum Gasteiger partial charge on any atom is -0.497 e. The van der Waals surface area contributed by atoms with Crippen molar-refractivity contribution in [3.8, 4) is 11.5 Å². The Bertz CT molecular complexity index is 1170. The smallest absolute Gasteiger partial charge is 0.308 e. The molecule has 2 amide bonds. The van der Waals surface area contributed by atoms with E-state index in [1.807, 2.05) is 31.2 Å².